The Kier molecular flexibility index (Phi) is 9.34. The molecule has 0 aliphatic carbocycles. The first-order valence-electron chi connectivity index (χ1n) is 12.2. The summed E-state index contributed by atoms with van der Waals surface area (Å²) in [4.78, 5) is 22.5. The zero-order chi connectivity index (χ0) is 27.2. The molecule has 0 radical (unpaired) electrons. The number of pyridine rings is 1. The van der Waals surface area contributed by atoms with Crippen molar-refractivity contribution in [1.29, 1.82) is 0 Å². The number of amides is 1. The van der Waals surface area contributed by atoms with Crippen molar-refractivity contribution >= 4 is 11.7 Å². The van der Waals surface area contributed by atoms with E-state index in [4.69, 9.17) is 21.2 Å². The van der Waals surface area contributed by atoms with Crippen molar-refractivity contribution in [3.63, 3.8) is 0 Å². The van der Waals surface area contributed by atoms with Crippen LogP contribution in [-0.2, 0) is 16.1 Å². The zero-order valence-electron chi connectivity index (χ0n) is 21.7. The first-order chi connectivity index (χ1) is 17.5. The number of anilines is 1. The number of nitrogens with zero attached hydrogens (tertiary/aromatic N) is 3. The van der Waals surface area contributed by atoms with Crippen LogP contribution in [0.15, 0.2) is 48.7 Å². The number of nitrogens with two attached hydrogens (primary N) is 2. The molecular formula is C27H36F2N6O2. The van der Waals surface area contributed by atoms with Gasteiger partial charge in [0.15, 0.2) is 0 Å². The Morgan fingerprint density at radius 2 is 1.89 bits per heavy atom. The largest absolute Gasteiger partial charge is 0.384 e. The summed E-state index contributed by atoms with van der Waals surface area (Å²) in [5, 5.41) is 3.08. The van der Waals surface area contributed by atoms with Gasteiger partial charge in [0.1, 0.15) is 30.2 Å². The maximum absolute atomic E-state index is 14.0. The first kappa shape index (κ1) is 28.2. The Bertz CT molecular complexity index is 1190. The lowest BCUT2D eigenvalue weighted by Gasteiger charge is -2.32. The van der Waals surface area contributed by atoms with Gasteiger partial charge in [-0.3, -0.25) is 4.79 Å². The molecule has 0 saturated heterocycles. The van der Waals surface area contributed by atoms with E-state index in [0.29, 0.717) is 41.6 Å². The third kappa shape index (κ3) is 7.56. The fraction of sp³-hybridized carbons (Fsp3) is 0.444. The fourth-order valence-electron chi connectivity index (χ4n) is 4.04. The van der Waals surface area contributed by atoms with Crippen LogP contribution in [0.1, 0.15) is 51.2 Å². The summed E-state index contributed by atoms with van der Waals surface area (Å²) in [5.74, 6) is 0.234. The van der Waals surface area contributed by atoms with Gasteiger partial charge >= 0.3 is 0 Å². The van der Waals surface area contributed by atoms with Crippen molar-refractivity contribution in [2.24, 2.45) is 11.1 Å². The number of methoxy groups -OCH3 is 1. The number of imidazole rings is 1. The lowest BCUT2D eigenvalue weighted by Crippen LogP contribution is -2.44. The summed E-state index contributed by atoms with van der Waals surface area (Å²) >= 11 is 0. The Balaban J connectivity index is 2.01. The number of nitrogens with one attached hydrogen (secondary N) is 1. The summed E-state index contributed by atoms with van der Waals surface area (Å²) in [6.07, 6.45) is 1.60. The molecule has 8 nitrogen and oxygen atoms in total. The second kappa shape index (κ2) is 12.2. The van der Waals surface area contributed by atoms with E-state index in [2.05, 4.69) is 10.3 Å². The molecule has 0 spiro atoms. The van der Waals surface area contributed by atoms with E-state index in [0.717, 1.165) is 0 Å². The number of carbonyl (C=O) groups is 1. The van der Waals surface area contributed by atoms with Crippen molar-refractivity contribution in [2.45, 2.75) is 58.3 Å². The van der Waals surface area contributed by atoms with Gasteiger partial charge in [0, 0.05) is 24.9 Å². The van der Waals surface area contributed by atoms with Crippen molar-refractivity contribution < 1.29 is 18.3 Å². The standard InChI is InChI=1S/C27H36F2N6O2/c1-27(2,3)24(34-26(36)22(37-4)12-11-19(30)14-28)25-33-21(17-7-5-8-18(29)13-17)16-35(25)15-20-9-6-10-23(31)32-20/h5-10,13,16,19,22,24H,11-12,14-15,30H2,1-4H3,(H2,31,32)(H,34,36)/t19-,22?,24+/m1/s1. The Morgan fingerprint density at radius 3 is 2.51 bits per heavy atom. The number of nitrogen functional groups attached to an aromatic ring is 1. The quantitative estimate of drug-likeness (QED) is 0.356. The summed E-state index contributed by atoms with van der Waals surface area (Å²) in [6, 6.07) is 10.4. The van der Waals surface area contributed by atoms with Crippen molar-refractivity contribution in [2.75, 3.05) is 19.5 Å². The molecule has 1 unspecified atom stereocenters. The number of hydrogen-bond donors (Lipinski definition) is 3. The number of benzene rings is 1. The Hall–Kier alpha value is -3.37. The molecule has 0 aliphatic heterocycles. The molecule has 1 aromatic carbocycles. The van der Waals surface area contributed by atoms with Crippen LogP contribution in [0, 0.1) is 11.2 Å². The number of halogens is 2. The maximum Gasteiger partial charge on any atom is 0.249 e. The fourth-order valence-corrected chi connectivity index (χ4v) is 4.04. The topological polar surface area (TPSA) is 121 Å². The molecule has 0 aliphatic rings. The predicted octanol–water partition coefficient (Wildman–Crippen LogP) is 4.01. The SMILES string of the molecule is COC(CC[C@@H](N)CF)C(=O)N[C@@H](c1nc(-c2cccc(F)c2)cn1Cc1cccc(N)n1)C(C)(C)C. The minimum absolute atomic E-state index is 0.278. The summed E-state index contributed by atoms with van der Waals surface area (Å²) in [7, 11) is 1.44. The van der Waals surface area contributed by atoms with Gasteiger partial charge in [0.2, 0.25) is 5.91 Å². The second-order valence-corrected chi connectivity index (χ2v) is 10.2. The van der Waals surface area contributed by atoms with E-state index < -0.39 is 30.3 Å². The van der Waals surface area contributed by atoms with Gasteiger partial charge in [-0.25, -0.2) is 18.7 Å². The molecule has 0 bridgehead atoms. The molecule has 37 heavy (non-hydrogen) atoms. The highest BCUT2D eigenvalue weighted by atomic mass is 19.1. The summed E-state index contributed by atoms with van der Waals surface area (Å²) < 4.78 is 34.1. The van der Waals surface area contributed by atoms with Gasteiger partial charge in [-0.15, -0.1) is 0 Å². The van der Waals surface area contributed by atoms with Gasteiger partial charge in [0.25, 0.3) is 0 Å². The first-order valence-corrected chi connectivity index (χ1v) is 12.2. The van der Waals surface area contributed by atoms with Crippen LogP contribution in [0.2, 0.25) is 0 Å². The lowest BCUT2D eigenvalue weighted by atomic mass is 9.85. The molecule has 2 aromatic heterocycles. The molecule has 0 saturated carbocycles. The van der Waals surface area contributed by atoms with Crippen LogP contribution >= 0.6 is 0 Å². The van der Waals surface area contributed by atoms with Crippen LogP contribution in [-0.4, -0.2) is 46.4 Å². The highest BCUT2D eigenvalue weighted by Gasteiger charge is 2.34. The second-order valence-electron chi connectivity index (χ2n) is 10.2. The highest BCUT2D eigenvalue weighted by molar-refractivity contribution is 5.81. The number of aromatic nitrogens is 3. The summed E-state index contributed by atoms with van der Waals surface area (Å²) in [6.45, 7) is 5.63. The van der Waals surface area contributed by atoms with Crippen LogP contribution < -0.4 is 16.8 Å². The van der Waals surface area contributed by atoms with E-state index in [1.54, 1.807) is 18.2 Å². The molecule has 10 heteroatoms. The summed E-state index contributed by atoms with van der Waals surface area (Å²) in [5.41, 5.74) is 13.0. The molecule has 3 atom stereocenters. The van der Waals surface area contributed by atoms with Gasteiger partial charge in [-0.05, 0) is 42.5 Å². The van der Waals surface area contributed by atoms with E-state index in [9.17, 15) is 13.6 Å². The van der Waals surface area contributed by atoms with Crippen LogP contribution in [0.25, 0.3) is 11.3 Å². The maximum atomic E-state index is 14.0. The number of ether oxygens (including phenoxy) is 1. The zero-order valence-corrected chi connectivity index (χ0v) is 21.7. The molecular weight excluding hydrogens is 478 g/mol. The molecule has 5 N–H and O–H groups in total. The van der Waals surface area contributed by atoms with E-state index in [1.807, 2.05) is 43.7 Å². The Labute approximate surface area is 216 Å². The lowest BCUT2D eigenvalue weighted by molar-refractivity contribution is -0.133. The van der Waals surface area contributed by atoms with Crippen molar-refractivity contribution in [1.82, 2.24) is 19.9 Å². The van der Waals surface area contributed by atoms with Gasteiger partial charge < -0.3 is 26.1 Å². The number of alkyl halides is 1. The number of hydrogen-bond acceptors (Lipinski definition) is 6. The Morgan fingerprint density at radius 1 is 1.16 bits per heavy atom. The molecule has 2 heterocycles. The minimum Gasteiger partial charge on any atom is -0.384 e. The van der Waals surface area contributed by atoms with Crippen molar-refractivity contribution in [3.8, 4) is 11.3 Å². The monoisotopic (exact) mass is 514 g/mol. The highest BCUT2D eigenvalue weighted by Crippen LogP contribution is 2.34. The average Bonchev–Trinajstić information content (AvgIpc) is 3.25. The van der Waals surface area contributed by atoms with Crippen LogP contribution in [0.3, 0.4) is 0 Å². The van der Waals surface area contributed by atoms with Gasteiger partial charge in [0.05, 0.1) is 24.0 Å². The number of carbonyl (C=O) groups excluding carboxylic acids is 1. The molecule has 200 valence electrons. The van der Waals surface area contributed by atoms with Crippen LogP contribution in [0.4, 0.5) is 14.6 Å². The molecule has 1 amide bonds. The molecule has 0 fully saturated rings. The smallest absolute Gasteiger partial charge is 0.249 e. The van der Waals surface area contributed by atoms with E-state index >= 15 is 0 Å². The minimum atomic E-state index is -0.802. The van der Waals surface area contributed by atoms with Crippen LogP contribution in [0.5, 0.6) is 0 Å². The van der Waals surface area contributed by atoms with Crippen molar-refractivity contribution in [3.05, 3.63) is 66.0 Å². The third-order valence-electron chi connectivity index (χ3n) is 6.07. The van der Waals surface area contributed by atoms with Gasteiger partial charge in [-0.1, -0.05) is 39.0 Å². The molecule has 3 aromatic rings. The van der Waals surface area contributed by atoms with E-state index in [1.165, 1.54) is 19.2 Å². The predicted molar refractivity (Wildman–Crippen MR) is 140 cm³/mol. The van der Waals surface area contributed by atoms with Gasteiger partial charge in [-0.2, -0.15) is 0 Å². The number of rotatable bonds is 11. The van der Waals surface area contributed by atoms with E-state index in [-0.39, 0.29) is 18.1 Å². The average molecular weight is 515 g/mol. The normalized spacial score (nSPS) is 14.2. The third-order valence-corrected chi connectivity index (χ3v) is 6.07. The molecule has 3 rings (SSSR count).